The number of carbonyl (C=O) groups excluding carboxylic acids is 2. The zero-order valence-corrected chi connectivity index (χ0v) is 9.63. The zero-order valence-electron chi connectivity index (χ0n) is 9.63. The Morgan fingerprint density at radius 2 is 1.76 bits per heavy atom. The van der Waals surface area contributed by atoms with Crippen LogP contribution in [0, 0.1) is 0 Å². The lowest BCUT2D eigenvalue weighted by molar-refractivity contribution is -0.127. The van der Waals surface area contributed by atoms with Gasteiger partial charge in [-0.05, 0) is 24.5 Å². The fraction of sp³-hybridized carbons (Fsp3) is 0.286. The minimum Gasteiger partial charge on any atom is -0.339 e. The van der Waals surface area contributed by atoms with Gasteiger partial charge in [0, 0.05) is 13.1 Å². The fourth-order valence-electron chi connectivity index (χ4n) is 1.98. The van der Waals surface area contributed by atoms with E-state index in [1.54, 1.807) is 11.0 Å². The van der Waals surface area contributed by atoms with E-state index in [-0.39, 0.29) is 11.5 Å². The molecule has 3 heteroatoms. The lowest BCUT2D eigenvalue weighted by Gasteiger charge is -2.14. The van der Waals surface area contributed by atoms with E-state index in [0.29, 0.717) is 6.29 Å². The molecule has 0 aromatic heterocycles. The molecule has 1 aliphatic rings. The Balaban J connectivity index is 2.18. The Kier molecular flexibility index (Phi) is 3.70. The highest BCUT2D eigenvalue weighted by molar-refractivity contribution is 6.14. The van der Waals surface area contributed by atoms with Gasteiger partial charge in [-0.25, -0.2) is 0 Å². The third-order valence-electron chi connectivity index (χ3n) is 2.89. The van der Waals surface area contributed by atoms with Crippen LogP contribution in [-0.2, 0) is 9.59 Å². The number of hydrogen-bond acceptors (Lipinski definition) is 2. The number of amides is 1. The Hall–Kier alpha value is -1.90. The van der Waals surface area contributed by atoms with Crippen LogP contribution in [0.1, 0.15) is 18.4 Å². The molecule has 1 fully saturated rings. The van der Waals surface area contributed by atoms with Crippen molar-refractivity contribution in [2.24, 2.45) is 0 Å². The number of carbonyl (C=O) groups is 2. The summed E-state index contributed by atoms with van der Waals surface area (Å²) in [4.78, 5) is 24.7. The Morgan fingerprint density at radius 1 is 1.12 bits per heavy atom. The topological polar surface area (TPSA) is 37.4 Å². The summed E-state index contributed by atoms with van der Waals surface area (Å²) < 4.78 is 0. The van der Waals surface area contributed by atoms with Crippen LogP contribution in [0.3, 0.4) is 0 Å². The number of aldehydes is 1. The number of benzene rings is 1. The average molecular weight is 229 g/mol. The Morgan fingerprint density at radius 3 is 2.35 bits per heavy atom. The van der Waals surface area contributed by atoms with E-state index in [2.05, 4.69) is 0 Å². The number of hydrogen-bond donors (Lipinski definition) is 0. The van der Waals surface area contributed by atoms with Crippen LogP contribution < -0.4 is 0 Å². The van der Waals surface area contributed by atoms with Crippen LogP contribution in [0.15, 0.2) is 35.9 Å². The summed E-state index contributed by atoms with van der Waals surface area (Å²) in [6, 6.07) is 9.42. The summed E-state index contributed by atoms with van der Waals surface area (Å²) in [5.74, 6) is -0.152. The summed E-state index contributed by atoms with van der Waals surface area (Å²) in [7, 11) is 0. The molecule has 0 aliphatic carbocycles. The van der Waals surface area contributed by atoms with E-state index < -0.39 is 0 Å². The van der Waals surface area contributed by atoms with Crippen molar-refractivity contribution in [3.05, 3.63) is 41.5 Å². The highest BCUT2D eigenvalue weighted by Gasteiger charge is 2.20. The van der Waals surface area contributed by atoms with Gasteiger partial charge in [-0.15, -0.1) is 0 Å². The van der Waals surface area contributed by atoms with E-state index in [0.717, 1.165) is 31.5 Å². The Bertz CT molecular complexity index is 431. The van der Waals surface area contributed by atoms with Gasteiger partial charge in [-0.3, -0.25) is 9.59 Å². The summed E-state index contributed by atoms with van der Waals surface area (Å²) in [5, 5.41) is 0. The van der Waals surface area contributed by atoms with Gasteiger partial charge in [0.2, 0.25) is 0 Å². The van der Waals surface area contributed by atoms with E-state index in [9.17, 15) is 9.59 Å². The lowest BCUT2D eigenvalue weighted by atomic mass is 10.1. The molecule has 2 rings (SSSR count). The van der Waals surface area contributed by atoms with Crippen LogP contribution in [0.4, 0.5) is 0 Å². The van der Waals surface area contributed by atoms with Gasteiger partial charge < -0.3 is 4.90 Å². The first-order valence-corrected chi connectivity index (χ1v) is 5.82. The van der Waals surface area contributed by atoms with Crippen molar-refractivity contribution >= 4 is 18.3 Å². The van der Waals surface area contributed by atoms with Crippen molar-refractivity contribution in [3.8, 4) is 0 Å². The summed E-state index contributed by atoms with van der Waals surface area (Å²) in [6.07, 6.45) is 4.35. The first-order chi connectivity index (χ1) is 8.31. The summed E-state index contributed by atoms with van der Waals surface area (Å²) >= 11 is 0. The SMILES string of the molecule is O=CC(=Cc1ccccc1)C(=O)N1CCCC1. The fourth-order valence-corrected chi connectivity index (χ4v) is 1.98. The second-order valence-corrected chi connectivity index (χ2v) is 4.13. The predicted molar refractivity (Wildman–Crippen MR) is 66.3 cm³/mol. The second kappa shape index (κ2) is 5.43. The van der Waals surface area contributed by atoms with Crippen molar-refractivity contribution in [2.75, 3.05) is 13.1 Å². The van der Waals surface area contributed by atoms with E-state index >= 15 is 0 Å². The van der Waals surface area contributed by atoms with Crippen LogP contribution in [0.2, 0.25) is 0 Å². The maximum absolute atomic E-state index is 12.0. The van der Waals surface area contributed by atoms with Crippen LogP contribution in [0.25, 0.3) is 6.08 Å². The quantitative estimate of drug-likeness (QED) is 0.343. The highest BCUT2D eigenvalue weighted by atomic mass is 16.2. The van der Waals surface area contributed by atoms with Gasteiger partial charge in [-0.2, -0.15) is 0 Å². The van der Waals surface area contributed by atoms with Crippen LogP contribution in [-0.4, -0.2) is 30.2 Å². The molecule has 1 aromatic rings. The standard InChI is InChI=1S/C14H15NO2/c16-11-13(10-12-6-2-1-3-7-12)14(17)15-8-4-5-9-15/h1-3,6-7,10-11H,4-5,8-9H2. The maximum atomic E-state index is 12.0. The van der Waals surface area contributed by atoms with Crippen LogP contribution in [0.5, 0.6) is 0 Å². The van der Waals surface area contributed by atoms with Crippen molar-refractivity contribution in [2.45, 2.75) is 12.8 Å². The molecule has 1 aliphatic heterocycles. The Labute approximate surface area is 101 Å². The largest absolute Gasteiger partial charge is 0.339 e. The van der Waals surface area contributed by atoms with Gasteiger partial charge in [0.25, 0.3) is 5.91 Å². The molecule has 1 amide bonds. The first kappa shape index (κ1) is 11.6. The van der Waals surface area contributed by atoms with Crippen molar-refractivity contribution in [1.82, 2.24) is 4.90 Å². The minimum atomic E-state index is -0.152. The molecule has 1 aromatic carbocycles. The molecule has 1 saturated heterocycles. The molecular formula is C14H15NO2. The molecule has 3 nitrogen and oxygen atoms in total. The van der Waals surface area contributed by atoms with E-state index in [1.165, 1.54) is 0 Å². The molecule has 0 N–H and O–H groups in total. The number of nitrogens with zero attached hydrogens (tertiary/aromatic N) is 1. The van der Waals surface area contributed by atoms with E-state index in [4.69, 9.17) is 0 Å². The maximum Gasteiger partial charge on any atom is 0.257 e. The summed E-state index contributed by atoms with van der Waals surface area (Å²) in [5.41, 5.74) is 1.11. The molecule has 0 unspecified atom stereocenters. The lowest BCUT2D eigenvalue weighted by Crippen LogP contribution is -2.29. The van der Waals surface area contributed by atoms with Gasteiger partial charge in [0.05, 0.1) is 5.57 Å². The highest BCUT2D eigenvalue weighted by Crippen LogP contribution is 2.13. The predicted octanol–water partition coefficient (Wildman–Crippen LogP) is 1.89. The molecule has 0 bridgehead atoms. The van der Waals surface area contributed by atoms with E-state index in [1.807, 2.05) is 30.3 Å². The molecule has 17 heavy (non-hydrogen) atoms. The monoisotopic (exact) mass is 229 g/mol. The first-order valence-electron chi connectivity index (χ1n) is 5.82. The van der Waals surface area contributed by atoms with Crippen molar-refractivity contribution in [3.63, 3.8) is 0 Å². The molecule has 0 radical (unpaired) electrons. The average Bonchev–Trinajstić information content (AvgIpc) is 2.90. The molecule has 0 saturated carbocycles. The summed E-state index contributed by atoms with van der Waals surface area (Å²) in [6.45, 7) is 1.53. The molecule has 0 spiro atoms. The number of likely N-dealkylation sites (tertiary alicyclic amines) is 1. The number of rotatable bonds is 3. The van der Waals surface area contributed by atoms with Gasteiger partial charge >= 0.3 is 0 Å². The van der Waals surface area contributed by atoms with Crippen molar-refractivity contribution < 1.29 is 9.59 Å². The van der Waals surface area contributed by atoms with Crippen molar-refractivity contribution in [1.29, 1.82) is 0 Å². The second-order valence-electron chi connectivity index (χ2n) is 4.13. The molecule has 0 atom stereocenters. The van der Waals surface area contributed by atoms with Gasteiger partial charge in [0.15, 0.2) is 6.29 Å². The van der Waals surface area contributed by atoms with Gasteiger partial charge in [0.1, 0.15) is 0 Å². The smallest absolute Gasteiger partial charge is 0.257 e. The molecular weight excluding hydrogens is 214 g/mol. The normalized spacial score (nSPS) is 16.0. The molecule has 88 valence electrons. The zero-order chi connectivity index (χ0) is 12.1. The minimum absolute atomic E-state index is 0.152. The third-order valence-corrected chi connectivity index (χ3v) is 2.89. The van der Waals surface area contributed by atoms with Gasteiger partial charge in [-0.1, -0.05) is 30.3 Å². The molecule has 1 heterocycles. The third kappa shape index (κ3) is 2.81. The van der Waals surface area contributed by atoms with Crippen LogP contribution >= 0.6 is 0 Å².